The van der Waals surface area contributed by atoms with Gasteiger partial charge in [-0.2, -0.15) is 0 Å². The number of ketones is 1. The van der Waals surface area contributed by atoms with Gasteiger partial charge in [-0.1, -0.05) is 60.7 Å². The third kappa shape index (κ3) is 34.6. The van der Waals surface area contributed by atoms with Gasteiger partial charge in [0.15, 0.2) is 5.78 Å². The maximum atomic E-state index is 11.8. The van der Waals surface area contributed by atoms with Crippen LogP contribution in [0.2, 0.25) is 0 Å². The van der Waals surface area contributed by atoms with E-state index in [4.69, 9.17) is 0 Å². The Morgan fingerprint density at radius 2 is 0.667 bits per heavy atom. The van der Waals surface area contributed by atoms with Gasteiger partial charge in [-0.3, -0.25) is 4.79 Å². The quantitative estimate of drug-likeness (QED) is 0.360. The van der Waals surface area contributed by atoms with Crippen LogP contribution >= 0.6 is 0 Å². The predicted molar refractivity (Wildman–Crippen MR) is 88.0 cm³/mol. The Morgan fingerprint density at radius 3 is 0.833 bits per heavy atom. The van der Waals surface area contributed by atoms with Gasteiger partial charge < -0.3 is 53.2 Å². The fraction of sp³-hybridized carbons (Fsp3) is 0. The third-order valence-corrected chi connectivity index (χ3v) is 2.07. The molecule has 0 amide bonds. The predicted octanol–water partition coefficient (Wildman–Crippen LogP) is 3.93. The van der Waals surface area contributed by atoms with Gasteiger partial charge in [0.25, 0.3) is 0 Å². The summed E-state index contributed by atoms with van der Waals surface area (Å²) in [4.78, 5) is 11.8. The summed E-state index contributed by atoms with van der Waals surface area (Å²) in [5.74, 6) is 0.0752. The summed E-state index contributed by atoms with van der Waals surface area (Å²) in [7, 11) is -18.0. The molecular weight excluding hydrogens is 472 g/mol. The summed E-state index contributed by atoms with van der Waals surface area (Å²) in [6, 6.07) is 18.6. The Bertz CT molecular complexity index is 611. The van der Waals surface area contributed by atoms with Crippen LogP contribution in [0.1, 0.15) is 17.3 Å². The van der Waals surface area contributed by atoms with Crippen LogP contribution in [0.15, 0.2) is 60.7 Å². The molecule has 2 aromatic carbocycles. The molecule has 0 fully saturated rings. The Morgan fingerprint density at radius 1 is 0.500 bits per heavy atom. The molecule has 2 rings (SSSR count). The number of carbonyl (C=O) groups excluding carboxylic acids is 1. The van der Waals surface area contributed by atoms with E-state index in [1.807, 2.05) is 60.7 Å². The van der Waals surface area contributed by atoms with E-state index in [-0.39, 0.29) is 58.6 Å². The fourth-order valence-electron chi connectivity index (χ4n) is 1.35. The van der Waals surface area contributed by atoms with Gasteiger partial charge in [-0.05, 0) is 0 Å². The van der Waals surface area contributed by atoms with Crippen LogP contribution in [0.4, 0.5) is 51.8 Å². The second-order valence-corrected chi connectivity index (χ2v) is 4.55. The molecule has 0 atom stereocenters. The molecule has 0 unspecified atom stereocenters. The largest absolute Gasteiger partial charge is 1.00 e. The Kier molecular flexibility index (Phi) is 17.8. The van der Waals surface area contributed by atoms with Crippen molar-refractivity contribution in [2.75, 3.05) is 0 Å². The SMILES string of the molecule is F[B-](F)(F)F.F[B-](F)(F)F.F[B-](F)(F)F.O=C(c1ccccc1)c1ccccc1.[H-].[K+]. The van der Waals surface area contributed by atoms with Crippen molar-refractivity contribution >= 4 is 27.5 Å². The molecule has 0 heterocycles. The zero-order valence-corrected chi connectivity index (χ0v) is 18.1. The van der Waals surface area contributed by atoms with Crippen LogP contribution < -0.4 is 51.4 Å². The molecule has 0 N–H and O–H groups in total. The average molecular weight is 483 g/mol. The van der Waals surface area contributed by atoms with E-state index >= 15 is 0 Å². The molecule has 0 aliphatic heterocycles. The summed E-state index contributed by atoms with van der Waals surface area (Å²) in [5, 5.41) is 0. The van der Waals surface area contributed by atoms with E-state index in [0.717, 1.165) is 11.1 Å². The van der Waals surface area contributed by atoms with E-state index in [9.17, 15) is 56.6 Å². The first-order chi connectivity index (χ1) is 12.9. The van der Waals surface area contributed by atoms with Crippen molar-refractivity contribution in [2.24, 2.45) is 0 Å². The molecule has 0 bridgehead atoms. The number of halogens is 12. The van der Waals surface area contributed by atoms with Crippen LogP contribution in [-0.2, 0) is 0 Å². The summed E-state index contributed by atoms with van der Waals surface area (Å²) < 4.78 is 117. The first-order valence-corrected chi connectivity index (χ1v) is 7.14. The molecule has 30 heavy (non-hydrogen) atoms. The van der Waals surface area contributed by atoms with Gasteiger partial charge in [0.05, 0.1) is 0 Å². The Labute approximate surface area is 207 Å². The number of carbonyl (C=O) groups is 1. The second kappa shape index (κ2) is 15.8. The third-order valence-electron chi connectivity index (χ3n) is 2.07. The Balaban J connectivity index is -0.000000181. The molecule has 0 aliphatic carbocycles. The van der Waals surface area contributed by atoms with Crippen LogP contribution in [0.25, 0.3) is 0 Å². The molecule has 166 valence electrons. The molecule has 2 aromatic rings. The van der Waals surface area contributed by atoms with Crippen molar-refractivity contribution in [1.82, 2.24) is 0 Å². The van der Waals surface area contributed by atoms with Crippen LogP contribution in [0.3, 0.4) is 0 Å². The van der Waals surface area contributed by atoms with Gasteiger partial charge in [0.2, 0.25) is 0 Å². The maximum Gasteiger partial charge on any atom is 1.00 e. The van der Waals surface area contributed by atoms with E-state index in [2.05, 4.69) is 0 Å². The zero-order valence-electron chi connectivity index (χ0n) is 15.9. The van der Waals surface area contributed by atoms with Crippen molar-refractivity contribution in [3.8, 4) is 0 Å². The van der Waals surface area contributed by atoms with Crippen LogP contribution in [0, 0.1) is 0 Å². The summed E-state index contributed by atoms with van der Waals surface area (Å²) in [6.07, 6.45) is 0. The number of hydrogen-bond acceptors (Lipinski definition) is 1. The molecule has 17 heteroatoms. The number of benzene rings is 2. The normalized spacial score (nSPS) is 10.5. The van der Waals surface area contributed by atoms with Crippen molar-refractivity contribution in [3.05, 3.63) is 71.8 Å². The molecule has 0 radical (unpaired) electrons. The zero-order chi connectivity index (χ0) is 23.3. The van der Waals surface area contributed by atoms with Crippen molar-refractivity contribution in [1.29, 1.82) is 0 Å². The summed E-state index contributed by atoms with van der Waals surface area (Å²) >= 11 is 0. The maximum absolute atomic E-state index is 11.8. The first-order valence-electron chi connectivity index (χ1n) is 7.14. The van der Waals surface area contributed by atoms with Crippen molar-refractivity contribution < 1.29 is 109 Å². The molecule has 0 saturated heterocycles. The standard InChI is InChI=1S/C13H10O.3BF4.K.H/c14-13(11-7-3-1-4-8-11)12-9-5-2-6-10-12;3*2-1(3,4)5;;/h1-10H;;;;;/q;3*-1;+1;-1. The second-order valence-electron chi connectivity index (χ2n) is 4.55. The van der Waals surface area contributed by atoms with Gasteiger partial charge in [-0.15, -0.1) is 0 Å². The molecule has 0 spiro atoms. The van der Waals surface area contributed by atoms with Gasteiger partial charge in [0.1, 0.15) is 0 Å². The molecule has 1 nitrogen and oxygen atoms in total. The fourth-order valence-corrected chi connectivity index (χ4v) is 1.35. The smallest absolute Gasteiger partial charge is 1.00 e. The van der Waals surface area contributed by atoms with Gasteiger partial charge in [0, 0.05) is 11.1 Å². The Hall–Kier alpha value is -0.899. The van der Waals surface area contributed by atoms with Gasteiger partial charge in [-0.25, -0.2) is 0 Å². The van der Waals surface area contributed by atoms with Crippen LogP contribution in [-0.4, -0.2) is 27.5 Å². The van der Waals surface area contributed by atoms with Gasteiger partial charge >= 0.3 is 73.1 Å². The molecule has 0 aliphatic rings. The van der Waals surface area contributed by atoms with E-state index in [0.29, 0.717) is 0 Å². The minimum absolute atomic E-state index is 0. The topological polar surface area (TPSA) is 17.1 Å². The van der Waals surface area contributed by atoms with E-state index < -0.39 is 21.8 Å². The van der Waals surface area contributed by atoms with E-state index in [1.54, 1.807) is 0 Å². The minimum atomic E-state index is -6.00. The van der Waals surface area contributed by atoms with E-state index in [1.165, 1.54) is 0 Å². The number of hydrogen-bond donors (Lipinski definition) is 0. The minimum Gasteiger partial charge on any atom is -1.00 e. The number of rotatable bonds is 2. The monoisotopic (exact) mass is 483 g/mol. The molecule has 0 saturated carbocycles. The van der Waals surface area contributed by atoms with Crippen LogP contribution in [0.5, 0.6) is 0 Å². The first kappa shape index (κ1) is 33.7. The summed E-state index contributed by atoms with van der Waals surface area (Å²) in [5.41, 5.74) is 1.47. The van der Waals surface area contributed by atoms with Crippen molar-refractivity contribution in [3.63, 3.8) is 0 Å². The molecular formula is C13H11B3F12KO-3. The summed E-state index contributed by atoms with van der Waals surface area (Å²) in [6.45, 7) is 0. The average Bonchev–Trinajstić information content (AvgIpc) is 2.51. The van der Waals surface area contributed by atoms with Crippen molar-refractivity contribution in [2.45, 2.75) is 0 Å². The molecule has 0 aromatic heterocycles.